The van der Waals surface area contributed by atoms with Crippen LogP contribution in [0.4, 0.5) is 0 Å². The van der Waals surface area contributed by atoms with Crippen molar-refractivity contribution in [3.8, 4) is 0 Å². The molecule has 2 aromatic heterocycles. The van der Waals surface area contributed by atoms with E-state index in [9.17, 15) is 4.79 Å². The summed E-state index contributed by atoms with van der Waals surface area (Å²) in [5.74, 6) is -0.0717. The second-order valence-electron chi connectivity index (χ2n) is 4.18. The molecular weight excluding hydrogens is 240 g/mol. The van der Waals surface area contributed by atoms with E-state index < -0.39 is 0 Å². The molecule has 0 aliphatic heterocycles. The van der Waals surface area contributed by atoms with Crippen molar-refractivity contribution >= 4 is 16.7 Å². The molecular formula is C14H12N4O. The third-order valence-corrected chi connectivity index (χ3v) is 3.02. The Morgan fingerprint density at radius 2 is 2.21 bits per heavy atom. The SMILES string of the molecule is CCn1nncc1C(=O)c1ccc2ncccc2c1. The topological polar surface area (TPSA) is 60.7 Å². The highest BCUT2D eigenvalue weighted by Crippen LogP contribution is 2.16. The van der Waals surface area contributed by atoms with E-state index in [0.717, 1.165) is 10.9 Å². The zero-order valence-corrected chi connectivity index (χ0v) is 10.4. The van der Waals surface area contributed by atoms with Crippen LogP contribution in [0.3, 0.4) is 0 Å². The Labute approximate surface area is 109 Å². The zero-order valence-electron chi connectivity index (χ0n) is 10.4. The van der Waals surface area contributed by atoms with Crippen LogP contribution in [0.25, 0.3) is 10.9 Å². The lowest BCUT2D eigenvalue weighted by molar-refractivity contribution is 0.102. The number of aryl methyl sites for hydroxylation is 1. The number of pyridine rings is 1. The van der Waals surface area contributed by atoms with Gasteiger partial charge in [0.1, 0.15) is 5.69 Å². The summed E-state index contributed by atoms with van der Waals surface area (Å²) in [6.07, 6.45) is 3.24. The molecule has 0 N–H and O–H groups in total. The largest absolute Gasteiger partial charge is 0.287 e. The minimum atomic E-state index is -0.0717. The number of hydrogen-bond donors (Lipinski definition) is 0. The van der Waals surface area contributed by atoms with E-state index in [2.05, 4.69) is 15.3 Å². The Kier molecular flexibility index (Phi) is 2.79. The van der Waals surface area contributed by atoms with Crippen LogP contribution in [0.15, 0.2) is 42.7 Å². The molecule has 3 aromatic rings. The molecule has 1 aromatic carbocycles. The predicted molar refractivity (Wildman–Crippen MR) is 70.9 cm³/mol. The Hall–Kier alpha value is -2.56. The van der Waals surface area contributed by atoms with Crippen LogP contribution in [-0.2, 0) is 6.54 Å². The molecule has 5 heteroatoms. The van der Waals surface area contributed by atoms with Crippen LogP contribution in [0.5, 0.6) is 0 Å². The number of carbonyl (C=O) groups is 1. The first-order chi connectivity index (χ1) is 9.29. The molecule has 0 saturated carbocycles. The third-order valence-electron chi connectivity index (χ3n) is 3.02. The Morgan fingerprint density at radius 3 is 3.05 bits per heavy atom. The van der Waals surface area contributed by atoms with Gasteiger partial charge < -0.3 is 0 Å². The van der Waals surface area contributed by atoms with Gasteiger partial charge in [-0.3, -0.25) is 9.78 Å². The van der Waals surface area contributed by atoms with Gasteiger partial charge in [-0.2, -0.15) is 0 Å². The standard InChI is InChI=1S/C14H12N4O/c1-2-18-13(9-16-17-18)14(19)11-5-6-12-10(8-11)4-3-7-15-12/h3-9H,2H2,1H3. The average molecular weight is 252 g/mol. The van der Waals surface area contributed by atoms with Gasteiger partial charge in [-0.15, -0.1) is 5.10 Å². The van der Waals surface area contributed by atoms with Crippen LogP contribution in [0.2, 0.25) is 0 Å². The predicted octanol–water partition coefficient (Wildman–Crippen LogP) is 2.08. The maximum Gasteiger partial charge on any atom is 0.212 e. The van der Waals surface area contributed by atoms with Gasteiger partial charge in [0.25, 0.3) is 0 Å². The van der Waals surface area contributed by atoms with Gasteiger partial charge in [0.2, 0.25) is 5.78 Å². The molecule has 3 rings (SSSR count). The van der Waals surface area contributed by atoms with Gasteiger partial charge in [0.15, 0.2) is 0 Å². The molecule has 94 valence electrons. The van der Waals surface area contributed by atoms with Gasteiger partial charge in [-0.1, -0.05) is 11.3 Å². The highest BCUT2D eigenvalue weighted by atomic mass is 16.1. The molecule has 0 fully saturated rings. The van der Waals surface area contributed by atoms with E-state index in [1.54, 1.807) is 16.9 Å². The maximum absolute atomic E-state index is 12.4. The smallest absolute Gasteiger partial charge is 0.212 e. The quantitative estimate of drug-likeness (QED) is 0.669. The number of benzene rings is 1. The van der Waals surface area contributed by atoms with Gasteiger partial charge in [0, 0.05) is 23.7 Å². The van der Waals surface area contributed by atoms with Crippen molar-refractivity contribution in [1.82, 2.24) is 20.0 Å². The van der Waals surface area contributed by atoms with E-state index >= 15 is 0 Å². The first kappa shape index (κ1) is 11.5. The van der Waals surface area contributed by atoms with Crippen molar-refractivity contribution in [2.75, 3.05) is 0 Å². The summed E-state index contributed by atoms with van der Waals surface area (Å²) >= 11 is 0. The molecule has 19 heavy (non-hydrogen) atoms. The molecule has 0 saturated heterocycles. The zero-order chi connectivity index (χ0) is 13.2. The number of nitrogens with zero attached hydrogens (tertiary/aromatic N) is 4. The number of hydrogen-bond acceptors (Lipinski definition) is 4. The number of rotatable bonds is 3. The first-order valence-corrected chi connectivity index (χ1v) is 6.07. The highest BCUT2D eigenvalue weighted by Gasteiger charge is 2.14. The fraction of sp³-hybridized carbons (Fsp3) is 0.143. The van der Waals surface area contributed by atoms with Gasteiger partial charge in [-0.05, 0) is 31.2 Å². The molecule has 5 nitrogen and oxygen atoms in total. The minimum Gasteiger partial charge on any atom is -0.287 e. The van der Waals surface area contributed by atoms with Crippen LogP contribution < -0.4 is 0 Å². The van der Waals surface area contributed by atoms with Crippen molar-refractivity contribution in [3.05, 3.63) is 54.0 Å². The highest BCUT2D eigenvalue weighted by molar-refractivity contribution is 6.09. The summed E-state index contributed by atoms with van der Waals surface area (Å²) in [5, 5.41) is 8.61. The molecule has 0 aliphatic rings. The Bertz CT molecular complexity index is 748. The average Bonchev–Trinajstić information content (AvgIpc) is 2.94. The van der Waals surface area contributed by atoms with Crippen molar-refractivity contribution in [2.45, 2.75) is 13.5 Å². The lowest BCUT2D eigenvalue weighted by Gasteiger charge is -2.04. The van der Waals surface area contributed by atoms with Gasteiger partial charge >= 0.3 is 0 Å². The van der Waals surface area contributed by atoms with E-state index in [-0.39, 0.29) is 5.78 Å². The molecule has 2 heterocycles. The first-order valence-electron chi connectivity index (χ1n) is 6.07. The maximum atomic E-state index is 12.4. The van der Waals surface area contributed by atoms with E-state index in [0.29, 0.717) is 17.8 Å². The second kappa shape index (κ2) is 4.61. The van der Waals surface area contributed by atoms with Crippen LogP contribution in [-0.4, -0.2) is 25.8 Å². The van der Waals surface area contributed by atoms with Crippen molar-refractivity contribution in [3.63, 3.8) is 0 Å². The van der Waals surface area contributed by atoms with Crippen molar-refractivity contribution in [2.24, 2.45) is 0 Å². The molecule has 0 spiro atoms. The molecule has 0 radical (unpaired) electrons. The van der Waals surface area contributed by atoms with Crippen molar-refractivity contribution in [1.29, 1.82) is 0 Å². The van der Waals surface area contributed by atoms with Crippen LogP contribution in [0.1, 0.15) is 23.0 Å². The molecule has 0 bridgehead atoms. The Balaban J connectivity index is 2.06. The van der Waals surface area contributed by atoms with Gasteiger partial charge in [0.05, 0.1) is 11.7 Å². The third kappa shape index (κ3) is 1.99. The van der Waals surface area contributed by atoms with E-state index in [1.165, 1.54) is 6.20 Å². The summed E-state index contributed by atoms with van der Waals surface area (Å²) in [6.45, 7) is 2.55. The van der Waals surface area contributed by atoms with Gasteiger partial charge in [-0.25, -0.2) is 4.68 Å². The normalized spacial score (nSPS) is 10.8. The number of ketones is 1. The number of fused-ring (bicyclic) bond motifs is 1. The van der Waals surface area contributed by atoms with E-state index in [4.69, 9.17) is 0 Å². The summed E-state index contributed by atoms with van der Waals surface area (Å²) in [7, 11) is 0. The van der Waals surface area contributed by atoms with Crippen LogP contribution in [0, 0.1) is 0 Å². The summed E-state index contributed by atoms with van der Waals surface area (Å²) in [6, 6.07) is 9.27. The second-order valence-corrected chi connectivity index (χ2v) is 4.18. The van der Waals surface area contributed by atoms with Crippen LogP contribution >= 0.6 is 0 Å². The fourth-order valence-corrected chi connectivity index (χ4v) is 2.03. The lowest BCUT2D eigenvalue weighted by atomic mass is 10.1. The van der Waals surface area contributed by atoms with Crippen molar-refractivity contribution < 1.29 is 4.79 Å². The summed E-state index contributed by atoms with van der Waals surface area (Å²) in [5.41, 5.74) is 2.00. The number of aromatic nitrogens is 4. The summed E-state index contributed by atoms with van der Waals surface area (Å²) < 4.78 is 1.59. The molecule has 0 aliphatic carbocycles. The van der Waals surface area contributed by atoms with E-state index in [1.807, 2.05) is 31.2 Å². The summed E-state index contributed by atoms with van der Waals surface area (Å²) in [4.78, 5) is 16.6. The lowest BCUT2D eigenvalue weighted by Crippen LogP contribution is -2.10. The Morgan fingerprint density at radius 1 is 1.32 bits per heavy atom. The molecule has 0 amide bonds. The molecule has 0 atom stereocenters. The minimum absolute atomic E-state index is 0.0717. The number of carbonyl (C=O) groups excluding carboxylic acids is 1. The molecule has 0 unspecified atom stereocenters. The fourth-order valence-electron chi connectivity index (χ4n) is 2.03. The monoisotopic (exact) mass is 252 g/mol.